The Kier molecular flexibility index (Phi) is 12.4. The number of hydrogen-bond donors (Lipinski definition) is 7. The van der Waals surface area contributed by atoms with E-state index in [0.29, 0.717) is 13.0 Å². The molecule has 7 N–H and O–H groups in total. The van der Waals surface area contributed by atoms with Gasteiger partial charge in [0, 0.05) is 31.0 Å². The molecule has 2 aliphatic rings. The van der Waals surface area contributed by atoms with Crippen molar-refractivity contribution in [2.45, 2.75) is 134 Å². The molecule has 0 amide bonds. The number of likely N-dealkylation sites (N-methyl/N-ethyl adjacent to an activating group) is 2. The topological polar surface area (TPSA) is 181 Å². The average Bonchev–Trinajstić information content (AvgIpc) is 2.89. The number of esters is 1. The highest BCUT2D eigenvalue weighted by molar-refractivity contribution is 5.73. The molecule has 0 saturated carbocycles. The summed E-state index contributed by atoms with van der Waals surface area (Å²) in [6, 6.07) is -0.961. The van der Waals surface area contributed by atoms with Gasteiger partial charge in [-0.1, -0.05) is 20.8 Å². The van der Waals surface area contributed by atoms with Crippen LogP contribution in [0.1, 0.15) is 67.7 Å². The van der Waals surface area contributed by atoms with Crippen molar-refractivity contribution in [2.24, 2.45) is 17.8 Å². The van der Waals surface area contributed by atoms with Crippen LogP contribution in [0.15, 0.2) is 0 Å². The number of cyclic esters (lactones) is 1. The molecule has 2 fully saturated rings. The zero-order chi connectivity index (χ0) is 30.7. The summed E-state index contributed by atoms with van der Waals surface area (Å²) in [5.41, 5.74) is -1.80. The molecule has 40 heavy (non-hydrogen) atoms. The zero-order valence-electron chi connectivity index (χ0n) is 25.5. The number of aliphatic hydroxyl groups excluding tert-OH is 4. The fourth-order valence-corrected chi connectivity index (χ4v) is 6.07. The fraction of sp³-hybridized carbons (Fsp3) is 0.964. The molecular weight excluding hydrogens is 524 g/mol. The first-order chi connectivity index (χ1) is 18.4. The summed E-state index contributed by atoms with van der Waals surface area (Å²) in [4.78, 5) is 14.9. The number of ether oxygens (including phenoxy) is 3. The maximum atomic E-state index is 13.1. The normalized spacial score (nSPS) is 49.1. The molecule has 2 saturated heterocycles. The minimum atomic E-state index is -2.29. The lowest BCUT2D eigenvalue weighted by molar-refractivity contribution is -0.368. The van der Waals surface area contributed by atoms with Gasteiger partial charge in [0.2, 0.25) is 0 Å². The van der Waals surface area contributed by atoms with Crippen LogP contribution < -0.4 is 5.32 Å². The molecule has 2 rings (SSSR count). The van der Waals surface area contributed by atoms with Crippen LogP contribution in [0.4, 0.5) is 0 Å². The molecule has 0 spiro atoms. The second-order valence-corrected chi connectivity index (χ2v) is 12.5. The van der Waals surface area contributed by atoms with Crippen LogP contribution in [0.25, 0.3) is 0 Å². The third-order valence-electron chi connectivity index (χ3n) is 8.99. The number of nitrogens with zero attached hydrogens (tertiary/aromatic N) is 1. The summed E-state index contributed by atoms with van der Waals surface area (Å²) in [6.07, 6.45) is -7.66. The molecule has 12 heteroatoms. The molecule has 0 aromatic heterocycles. The van der Waals surface area contributed by atoms with Crippen LogP contribution in [0.3, 0.4) is 0 Å². The lowest BCUT2D eigenvalue weighted by atomic mass is 9.82. The summed E-state index contributed by atoms with van der Waals surface area (Å²) < 4.78 is 17.4. The second-order valence-electron chi connectivity index (χ2n) is 12.5. The molecule has 12 nitrogen and oxygen atoms in total. The highest BCUT2D eigenvalue weighted by atomic mass is 16.8. The largest absolute Gasteiger partial charge is 0.459 e. The van der Waals surface area contributed by atoms with Gasteiger partial charge < -0.3 is 55.1 Å². The number of aliphatic hydroxyl groups is 6. The lowest BCUT2D eigenvalue weighted by Gasteiger charge is -2.45. The molecule has 2 aliphatic heterocycles. The van der Waals surface area contributed by atoms with Gasteiger partial charge in [0.25, 0.3) is 0 Å². The number of rotatable bonds is 4. The van der Waals surface area contributed by atoms with Crippen LogP contribution in [-0.4, -0.2) is 129 Å². The number of hydrogen-bond acceptors (Lipinski definition) is 12. The molecule has 0 aliphatic carbocycles. The lowest BCUT2D eigenvalue weighted by Crippen LogP contribution is -2.60. The first kappa shape index (κ1) is 35.3. The van der Waals surface area contributed by atoms with Crippen molar-refractivity contribution in [1.29, 1.82) is 0 Å². The molecule has 0 radical (unpaired) electrons. The molecule has 14 atom stereocenters. The van der Waals surface area contributed by atoms with Gasteiger partial charge in [-0.2, -0.15) is 0 Å². The number of carbonyl (C=O) groups excluding carboxylic acids is 1. The van der Waals surface area contributed by atoms with Crippen molar-refractivity contribution in [1.82, 2.24) is 10.2 Å². The van der Waals surface area contributed by atoms with Crippen molar-refractivity contribution < 1.29 is 49.6 Å². The van der Waals surface area contributed by atoms with Crippen LogP contribution >= 0.6 is 0 Å². The van der Waals surface area contributed by atoms with Crippen molar-refractivity contribution in [2.75, 3.05) is 20.6 Å². The van der Waals surface area contributed by atoms with Gasteiger partial charge in [0.1, 0.15) is 30.0 Å². The second kappa shape index (κ2) is 14.0. The molecule has 0 aromatic rings. The van der Waals surface area contributed by atoms with Gasteiger partial charge in [0.15, 0.2) is 12.1 Å². The Labute approximate surface area is 238 Å². The highest BCUT2D eigenvalue weighted by Crippen LogP contribution is 2.36. The van der Waals surface area contributed by atoms with Gasteiger partial charge in [-0.3, -0.25) is 4.79 Å². The van der Waals surface area contributed by atoms with E-state index < -0.39 is 72.0 Å². The van der Waals surface area contributed by atoms with E-state index in [-0.39, 0.29) is 30.9 Å². The Morgan fingerprint density at radius 1 is 1.05 bits per heavy atom. The van der Waals surface area contributed by atoms with E-state index in [1.807, 2.05) is 13.8 Å². The standard InChI is InChI=1S/C28H54N2O10/c1-10-20-27(7,36)24(34)18(6)30(9)13-14(2)12-28(37,23(33)16(4)21(31)17(5)25(35)39-20)40-26-22(32)19(29-8)11-15(3)38-26/h14-24,26,29,31-34,36-37H,10-13H2,1-9H3/t14-,15-,16+,17-,18-,19+,20-,21+,22-,23-,24-,26+,27-,28+/m1/s1. The summed E-state index contributed by atoms with van der Waals surface area (Å²) >= 11 is 0. The zero-order valence-corrected chi connectivity index (χ0v) is 25.5. The molecule has 0 bridgehead atoms. The Morgan fingerprint density at radius 2 is 1.65 bits per heavy atom. The maximum Gasteiger partial charge on any atom is 0.311 e. The summed E-state index contributed by atoms with van der Waals surface area (Å²) in [7, 11) is 3.45. The van der Waals surface area contributed by atoms with Crippen LogP contribution in [0.5, 0.6) is 0 Å². The first-order valence-electron chi connectivity index (χ1n) is 14.5. The van der Waals surface area contributed by atoms with E-state index >= 15 is 0 Å². The first-order valence-corrected chi connectivity index (χ1v) is 14.5. The van der Waals surface area contributed by atoms with Gasteiger partial charge in [0.05, 0.1) is 18.1 Å². The summed E-state index contributed by atoms with van der Waals surface area (Å²) in [6.45, 7) is 11.7. The smallest absolute Gasteiger partial charge is 0.311 e. The predicted octanol–water partition coefficient (Wildman–Crippen LogP) is -0.437. The van der Waals surface area contributed by atoms with E-state index in [1.165, 1.54) is 20.8 Å². The monoisotopic (exact) mass is 578 g/mol. The van der Waals surface area contributed by atoms with E-state index in [4.69, 9.17) is 14.2 Å². The summed E-state index contributed by atoms with van der Waals surface area (Å²) in [5.74, 6) is -5.68. The van der Waals surface area contributed by atoms with E-state index in [1.54, 1.807) is 32.8 Å². The van der Waals surface area contributed by atoms with E-state index in [0.717, 1.165) is 0 Å². The van der Waals surface area contributed by atoms with Gasteiger partial charge in [-0.25, -0.2) is 0 Å². The van der Waals surface area contributed by atoms with Gasteiger partial charge in [-0.05, 0) is 60.5 Å². The minimum absolute atomic E-state index is 0.129. The van der Waals surface area contributed by atoms with Gasteiger partial charge >= 0.3 is 5.97 Å². The highest BCUT2D eigenvalue weighted by Gasteiger charge is 2.51. The average molecular weight is 579 g/mol. The van der Waals surface area contributed by atoms with Crippen molar-refractivity contribution in [3.05, 3.63) is 0 Å². The van der Waals surface area contributed by atoms with Crippen molar-refractivity contribution in [3.8, 4) is 0 Å². The van der Waals surface area contributed by atoms with Crippen LogP contribution in [-0.2, 0) is 19.0 Å². The van der Waals surface area contributed by atoms with Crippen molar-refractivity contribution >= 4 is 5.97 Å². The molecular formula is C28H54N2O10. The van der Waals surface area contributed by atoms with E-state index in [9.17, 15) is 35.4 Å². The Morgan fingerprint density at radius 3 is 2.20 bits per heavy atom. The molecule has 2 heterocycles. The quantitative estimate of drug-likeness (QED) is 0.169. The van der Waals surface area contributed by atoms with Crippen LogP contribution in [0.2, 0.25) is 0 Å². The molecule has 0 unspecified atom stereocenters. The summed E-state index contributed by atoms with van der Waals surface area (Å²) in [5, 5.41) is 70.8. The third kappa shape index (κ3) is 7.71. The van der Waals surface area contributed by atoms with Crippen molar-refractivity contribution in [3.63, 3.8) is 0 Å². The van der Waals surface area contributed by atoms with Gasteiger partial charge in [-0.15, -0.1) is 0 Å². The Balaban J connectivity index is 2.50. The Hall–Kier alpha value is -0.930. The number of carbonyl (C=O) groups is 1. The Bertz CT molecular complexity index is 818. The van der Waals surface area contributed by atoms with Crippen LogP contribution in [0, 0.1) is 17.8 Å². The SMILES string of the molecule is CC[C@H]1OC(=O)[C@H](C)[C@@H](O)[C@H](C)[C@@H](O)[C@@](O)(O[C@@H]2O[C@H](C)C[C@H](NC)[C@H]2O)C[C@@H](C)CN(C)[C@H](C)[C@@H](O)[C@]1(C)O. The third-order valence-corrected chi connectivity index (χ3v) is 8.99. The van der Waals surface area contributed by atoms with E-state index in [2.05, 4.69) is 5.32 Å². The number of nitrogens with one attached hydrogen (secondary N) is 1. The molecule has 236 valence electrons. The molecule has 0 aromatic carbocycles. The fourth-order valence-electron chi connectivity index (χ4n) is 6.07. The predicted molar refractivity (Wildman–Crippen MR) is 147 cm³/mol. The maximum absolute atomic E-state index is 13.1. The minimum Gasteiger partial charge on any atom is -0.459 e.